The first kappa shape index (κ1) is 13.7. The van der Waals surface area contributed by atoms with Crippen LogP contribution >= 0.6 is 0 Å². The number of nitrogens with zero attached hydrogens (tertiary/aromatic N) is 5. The number of hydrogen-bond acceptors (Lipinski definition) is 5. The molecule has 2 aromatic rings. The van der Waals surface area contributed by atoms with Gasteiger partial charge in [-0.3, -0.25) is 0 Å². The molecule has 9 heteroatoms. The van der Waals surface area contributed by atoms with Crippen LogP contribution in [0.3, 0.4) is 0 Å². The highest BCUT2D eigenvalue weighted by atomic mass is 19.4. The van der Waals surface area contributed by atoms with E-state index in [1.54, 1.807) is 0 Å². The normalized spacial score (nSPS) is 28.2. The lowest BCUT2D eigenvalue weighted by atomic mass is 9.84. The van der Waals surface area contributed by atoms with Gasteiger partial charge in [-0.05, 0) is 31.8 Å². The predicted molar refractivity (Wildman–Crippen MR) is 72.4 cm³/mol. The van der Waals surface area contributed by atoms with Crippen molar-refractivity contribution in [2.24, 2.45) is 5.92 Å². The quantitative estimate of drug-likeness (QED) is 0.914. The van der Waals surface area contributed by atoms with E-state index < -0.39 is 11.9 Å². The maximum absolute atomic E-state index is 13.0. The maximum Gasteiger partial charge on any atom is 0.433 e. The monoisotopic (exact) mass is 312 g/mol. The van der Waals surface area contributed by atoms with Gasteiger partial charge in [-0.2, -0.15) is 27.8 Å². The first-order valence-corrected chi connectivity index (χ1v) is 7.27. The van der Waals surface area contributed by atoms with E-state index in [2.05, 4.69) is 25.3 Å². The van der Waals surface area contributed by atoms with E-state index in [0.29, 0.717) is 11.7 Å². The minimum Gasteiger partial charge on any atom is -0.366 e. The highest BCUT2D eigenvalue weighted by Crippen LogP contribution is 2.32. The Bertz CT molecular complexity index is 689. The second-order valence-corrected chi connectivity index (χ2v) is 5.89. The van der Waals surface area contributed by atoms with E-state index in [-0.39, 0.29) is 11.8 Å². The summed E-state index contributed by atoms with van der Waals surface area (Å²) in [6, 6.07) is 1.15. The van der Waals surface area contributed by atoms with Crippen LogP contribution in [0, 0.1) is 5.92 Å². The molecule has 3 fully saturated rings. The Morgan fingerprint density at radius 1 is 1.23 bits per heavy atom. The molecule has 0 saturated carbocycles. The van der Waals surface area contributed by atoms with Gasteiger partial charge in [0.05, 0.1) is 0 Å². The zero-order valence-corrected chi connectivity index (χ0v) is 11.7. The summed E-state index contributed by atoms with van der Waals surface area (Å²) in [6.45, 7) is 3.00. The van der Waals surface area contributed by atoms with Crippen LogP contribution in [-0.2, 0) is 6.18 Å². The standard InChI is InChI=1S/C13H15F3N6/c14-13(15,16)10-5-11(22-12(20-10)17-7-18-22)19-9-6-21-3-1-8(9)2-4-21/h5,7-9,19H,1-4,6H2. The average Bonchev–Trinajstić information content (AvgIpc) is 2.96. The van der Waals surface area contributed by atoms with Crippen molar-refractivity contribution < 1.29 is 13.2 Å². The molecule has 0 spiro atoms. The van der Waals surface area contributed by atoms with Crippen molar-refractivity contribution in [3.05, 3.63) is 18.1 Å². The van der Waals surface area contributed by atoms with Crippen molar-refractivity contribution in [2.75, 3.05) is 25.0 Å². The third-order valence-corrected chi connectivity index (χ3v) is 4.53. The number of alkyl halides is 3. The van der Waals surface area contributed by atoms with Crippen LogP contribution in [0.2, 0.25) is 0 Å². The zero-order chi connectivity index (χ0) is 15.3. The summed E-state index contributed by atoms with van der Waals surface area (Å²) in [5.74, 6) is 0.748. The van der Waals surface area contributed by atoms with Gasteiger partial charge in [-0.15, -0.1) is 0 Å². The van der Waals surface area contributed by atoms with Crippen LogP contribution in [0.4, 0.5) is 19.0 Å². The largest absolute Gasteiger partial charge is 0.433 e. The molecule has 0 radical (unpaired) electrons. The molecule has 22 heavy (non-hydrogen) atoms. The van der Waals surface area contributed by atoms with Crippen LogP contribution in [0.5, 0.6) is 0 Å². The van der Waals surface area contributed by atoms with Crippen LogP contribution < -0.4 is 5.32 Å². The molecule has 6 nitrogen and oxygen atoms in total. The number of halogens is 3. The topological polar surface area (TPSA) is 58.4 Å². The Hall–Kier alpha value is -1.90. The summed E-state index contributed by atoms with van der Waals surface area (Å²) in [6.07, 6.45) is -1.13. The third kappa shape index (κ3) is 2.29. The summed E-state index contributed by atoms with van der Waals surface area (Å²) >= 11 is 0. The van der Waals surface area contributed by atoms with Gasteiger partial charge < -0.3 is 10.2 Å². The van der Waals surface area contributed by atoms with E-state index in [1.165, 1.54) is 10.8 Å². The van der Waals surface area contributed by atoms with Gasteiger partial charge in [0, 0.05) is 18.7 Å². The highest BCUT2D eigenvalue weighted by molar-refractivity contribution is 5.46. The van der Waals surface area contributed by atoms with Crippen LogP contribution in [0.15, 0.2) is 12.4 Å². The summed E-state index contributed by atoms with van der Waals surface area (Å²) in [5.41, 5.74) is -0.947. The fraction of sp³-hybridized carbons (Fsp3) is 0.615. The number of piperidine rings is 3. The molecular weight excluding hydrogens is 297 g/mol. The molecule has 1 atom stereocenters. The molecule has 118 valence electrons. The van der Waals surface area contributed by atoms with Gasteiger partial charge >= 0.3 is 6.18 Å². The molecular formula is C13H15F3N6. The molecule has 5 heterocycles. The number of hydrogen-bond donors (Lipinski definition) is 1. The fourth-order valence-corrected chi connectivity index (χ4v) is 3.38. The first-order chi connectivity index (χ1) is 10.5. The Labute approximate surface area is 124 Å². The smallest absolute Gasteiger partial charge is 0.366 e. The highest BCUT2D eigenvalue weighted by Gasteiger charge is 2.36. The van der Waals surface area contributed by atoms with E-state index in [0.717, 1.165) is 38.5 Å². The molecule has 5 rings (SSSR count). The van der Waals surface area contributed by atoms with Gasteiger partial charge in [-0.25, -0.2) is 4.98 Å². The molecule has 0 aliphatic carbocycles. The predicted octanol–water partition coefficient (Wildman–Crippen LogP) is 1.65. The van der Waals surface area contributed by atoms with Crippen LogP contribution in [-0.4, -0.2) is 50.2 Å². The second kappa shape index (κ2) is 4.80. The van der Waals surface area contributed by atoms with Crippen molar-refractivity contribution in [3.8, 4) is 0 Å². The average molecular weight is 312 g/mol. The van der Waals surface area contributed by atoms with Crippen molar-refractivity contribution in [1.29, 1.82) is 0 Å². The molecule has 1 unspecified atom stereocenters. The summed E-state index contributed by atoms with van der Waals surface area (Å²) in [5, 5.41) is 7.20. The van der Waals surface area contributed by atoms with Crippen LogP contribution in [0.25, 0.3) is 5.78 Å². The number of rotatable bonds is 2. The Morgan fingerprint density at radius 2 is 2.00 bits per heavy atom. The molecule has 2 aromatic heterocycles. The Morgan fingerprint density at radius 3 is 2.64 bits per heavy atom. The van der Waals surface area contributed by atoms with Gasteiger partial charge in [0.1, 0.15) is 12.1 Å². The molecule has 1 N–H and O–H groups in total. The molecule has 3 aliphatic heterocycles. The lowest BCUT2D eigenvalue weighted by Crippen LogP contribution is -2.53. The number of aromatic nitrogens is 4. The van der Waals surface area contributed by atoms with Gasteiger partial charge in [0.25, 0.3) is 5.78 Å². The Kier molecular flexibility index (Phi) is 3.00. The van der Waals surface area contributed by atoms with E-state index in [1.807, 2.05) is 0 Å². The lowest BCUT2D eigenvalue weighted by molar-refractivity contribution is -0.141. The zero-order valence-electron chi connectivity index (χ0n) is 11.7. The third-order valence-electron chi connectivity index (χ3n) is 4.53. The Balaban J connectivity index is 1.69. The van der Waals surface area contributed by atoms with Crippen molar-refractivity contribution >= 4 is 11.6 Å². The second-order valence-electron chi connectivity index (χ2n) is 5.89. The SMILES string of the molecule is FC(F)(F)c1cc(NC2CN3CCC2CC3)n2ncnc2n1. The van der Waals surface area contributed by atoms with Gasteiger partial charge in [0.15, 0.2) is 5.69 Å². The van der Waals surface area contributed by atoms with Gasteiger partial charge in [-0.1, -0.05) is 0 Å². The molecule has 3 saturated heterocycles. The van der Waals surface area contributed by atoms with E-state index >= 15 is 0 Å². The summed E-state index contributed by atoms with van der Waals surface area (Å²) in [7, 11) is 0. The summed E-state index contributed by atoms with van der Waals surface area (Å²) < 4.78 is 40.2. The van der Waals surface area contributed by atoms with E-state index in [4.69, 9.17) is 0 Å². The van der Waals surface area contributed by atoms with Crippen molar-refractivity contribution in [1.82, 2.24) is 24.5 Å². The number of nitrogens with one attached hydrogen (secondary N) is 1. The number of anilines is 1. The van der Waals surface area contributed by atoms with E-state index in [9.17, 15) is 13.2 Å². The van der Waals surface area contributed by atoms with Crippen LogP contribution in [0.1, 0.15) is 18.5 Å². The molecule has 0 amide bonds. The minimum atomic E-state index is -4.50. The first-order valence-electron chi connectivity index (χ1n) is 7.27. The fourth-order valence-electron chi connectivity index (χ4n) is 3.38. The van der Waals surface area contributed by atoms with Crippen molar-refractivity contribution in [3.63, 3.8) is 0 Å². The van der Waals surface area contributed by atoms with Gasteiger partial charge in [0.2, 0.25) is 0 Å². The molecule has 3 aliphatic rings. The molecule has 0 aromatic carbocycles. The van der Waals surface area contributed by atoms with Crippen molar-refractivity contribution in [2.45, 2.75) is 25.1 Å². The summed E-state index contributed by atoms with van der Waals surface area (Å²) in [4.78, 5) is 9.64. The molecule has 2 bridgehead atoms. The lowest BCUT2D eigenvalue weighted by Gasteiger charge is -2.45. The number of fused-ring (bicyclic) bond motifs is 4. The minimum absolute atomic E-state index is 0.0430. The maximum atomic E-state index is 13.0.